The molecule has 2 heterocycles. The van der Waals surface area contributed by atoms with Gasteiger partial charge >= 0.3 is 5.97 Å². The number of amides is 1. The Morgan fingerprint density at radius 2 is 1.92 bits per heavy atom. The Balaban J connectivity index is 1.49. The Kier molecular flexibility index (Phi) is 4.79. The van der Waals surface area contributed by atoms with E-state index in [0.717, 1.165) is 12.8 Å². The van der Waals surface area contributed by atoms with Crippen LogP contribution in [-0.2, 0) is 4.79 Å². The van der Waals surface area contributed by atoms with Gasteiger partial charge in [-0.25, -0.2) is 4.79 Å². The summed E-state index contributed by atoms with van der Waals surface area (Å²) < 4.78 is 7.17. The number of carboxylic acid groups (broad SMARTS) is 1. The van der Waals surface area contributed by atoms with Crippen molar-refractivity contribution in [1.29, 1.82) is 0 Å². The van der Waals surface area contributed by atoms with E-state index in [-0.39, 0.29) is 24.1 Å². The summed E-state index contributed by atoms with van der Waals surface area (Å²) >= 11 is 0. The molecule has 7 nitrogen and oxygen atoms in total. The summed E-state index contributed by atoms with van der Waals surface area (Å²) in [5.74, 6) is -0.339. The van der Waals surface area contributed by atoms with E-state index in [0.29, 0.717) is 18.8 Å². The van der Waals surface area contributed by atoms with Crippen molar-refractivity contribution in [3.8, 4) is 5.75 Å². The quantitative estimate of drug-likeness (QED) is 0.904. The number of likely N-dealkylation sites (tertiary alicyclic amines) is 1. The van der Waals surface area contributed by atoms with Crippen LogP contribution in [0.3, 0.4) is 0 Å². The molecule has 1 amide bonds. The SMILES string of the molecule is O=C(O)c1cnn(C2CCN(C(=O)COc3ccccc3)CC2)c1. The van der Waals surface area contributed by atoms with Gasteiger partial charge in [-0.3, -0.25) is 9.48 Å². The van der Waals surface area contributed by atoms with Gasteiger partial charge in [0.25, 0.3) is 5.91 Å². The van der Waals surface area contributed by atoms with Crippen LogP contribution >= 0.6 is 0 Å². The van der Waals surface area contributed by atoms with Gasteiger partial charge in [-0.2, -0.15) is 5.10 Å². The molecular formula is C17H19N3O4. The molecule has 0 bridgehead atoms. The fourth-order valence-electron chi connectivity index (χ4n) is 2.78. The fraction of sp³-hybridized carbons (Fsp3) is 0.353. The third-order valence-corrected chi connectivity index (χ3v) is 4.15. The number of hydrogen-bond acceptors (Lipinski definition) is 4. The Bertz CT molecular complexity index is 706. The second-order valence-corrected chi connectivity index (χ2v) is 5.73. The number of hydrogen-bond donors (Lipinski definition) is 1. The summed E-state index contributed by atoms with van der Waals surface area (Å²) in [6.07, 6.45) is 4.40. The average Bonchev–Trinajstić information content (AvgIpc) is 3.11. The predicted octanol–water partition coefficient (Wildman–Crippen LogP) is 1.82. The van der Waals surface area contributed by atoms with Gasteiger partial charge in [0, 0.05) is 19.3 Å². The van der Waals surface area contributed by atoms with Crippen LogP contribution < -0.4 is 4.74 Å². The number of carbonyl (C=O) groups excluding carboxylic acids is 1. The number of carboxylic acids is 1. The Labute approximate surface area is 139 Å². The molecule has 1 aliphatic rings. The highest BCUT2D eigenvalue weighted by Crippen LogP contribution is 2.22. The molecule has 0 unspecified atom stereocenters. The van der Waals surface area contributed by atoms with E-state index in [1.165, 1.54) is 6.20 Å². The molecule has 3 rings (SSSR count). The highest BCUT2D eigenvalue weighted by atomic mass is 16.5. The van der Waals surface area contributed by atoms with Gasteiger partial charge in [0.05, 0.1) is 17.8 Å². The van der Waals surface area contributed by atoms with Gasteiger partial charge in [-0.05, 0) is 25.0 Å². The number of carbonyl (C=O) groups is 2. The molecule has 0 spiro atoms. The molecule has 1 N–H and O–H groups in total. The molecule has 1 fully saturated rings. The van der Waals surface area contributed by atoms with Gasteiger partial charge in [0.2, 0.25) is 0 Å². The summed E-state index contributed by atoms with van der Waals surface area (Å²) in [6, 6.07) is 9.37. The van der Waals surface area contributed by atoms with E-state index in [1.807, 2.05) is 30.3 Å². The standard InChI is InChI=1S/C17H19N3O4/c21-16(12-24-15-4-2-1-3-5-15)19-8-6-14(7-9-19)20-11-13(10-18-20)17(22)23/h1-5,10-11,14H,6-9,12H2,(H,22,23). The summed E-state index contributed by atoms with van der Waals surface area (Å²) in [5, 5.41) is 13.1. The molecule has 1 aromatic heterocycles. The summed E-state index contributed by atoms with van der Waals surface area (Å²) in [7, 11) is 0. The normalized spacial score (nSPS) is 15.2. The Morgan fingerprint density at radius 1 is 1.21 bits per heavy atom. The molecule has 0 radical (unpaired) electrons. The van der Waals surface area contributed by atoms with Crippen LogP contribution in [0.15, 0.2) is 42.7 Å². The van der Waals surface area contributed by atoms with Gasteiger partial charge in [-0.15, -0.1) is 0 Å². The zero-order chi connectivity index (χ0) is 16.9. The summed E-state index contributed by atoms with van der Waals surface area (Å²) in [4.78, 5) is 24.9. The summed E-state index contributed by atoms with van der Waals surface area (Å²) in [6.45, 7) is 1.26. The van der Waals surface area contributed by atoms with Gasteiger partial charge in [0.15, 0.2) is 6.61 Å². The minimum atomic E-state index is -0.980. The highest BCUT2D eigenvalue weighted by molar-refractivity contribution is 5.86. The van der Waals surface area contributed by atoms with Crippen molar-refractivity contribution >= 4 is 11.9 Å². The largest absolute Gasteiger partial charge is 0.484 e. The fourth-order valence-corrected chi connectivity index (χ4v) is 2.78. The minimum absolute atomic E-state index is 0.0274. The summed E-state index contributed by atoms with van der Waals surface area (Å²) in [5.41, 5.74) is 0.185. The minimum Gasteiger partial charge on any atom is -0.484 e. The van der Waals surface area contributed by atoms with Gasteiger partial charge in [-0.1, -0.05) is 18.2 Å². The number of ether oxygens (including phenoxy) is 1. The lowest BCUT2D eigenvalue weighted by atomic mass is 10.1. The van der Waals surface area contributed by atoms with Crippen molar-refractivity contribution in [2.24, 2.45) is 0 Å². The van der Waals surface area contributed by atoms with Crippen LogP contribution in [0.1, 0.15) is 29.2 Å². The lowest BCUT2D eigenvalue weighted by Crippen LogP contribution is -2.41. The van der Waals surface area contributed by atoms with Crippen LogP contribution in [0.5, 0.6) is 5.75 Å². The van der Waals surface area contributed by atoms with Gasteiger partial charge in [0.1, 0.15) is 5.75 Å². The van der Waals surface area contributed by atoms with E-state index in [4.69, 9.17) is 9.84 Å². The number of para-hydroxylation sites is 1. The molecule has 0 saturated carbocycles. The molecule has 7 heteroatoms. The van der Waals surface area contributed by atoms with E-state index in [1.54, 1.807) is 15.8 Å². The lowest BCUT2D eigenvalue weighted by Gasteiger charge is -2.32. The molecule has 0 atom stereocenters. The zero-order valence-corrected chi connectivity index (χ0v) is 13.2. The monoisotopic (exact) mass is 329 g/mol. The first kappa shape index (κ1) is 16.0. The third-order valence-electron chi connectivity index (χ3n) is 4.15. The second-order valence-electron chi connectivity index (χ2n) is 5.73. The van der Waals surface area contributed by atoms with Crippen LogP contribution in [0.25, 0.3) is 0 Å². The van der Waals surface area contributed by atoms with E-state index < -0.39 is 5.97 Å². The average molecular weight is 329 g/mol. The van der Waals surface area contributed by atoms with Crippen LogP contribution in [-0.4, -0.2) is 51.4 Å². The molecule has 1 aromatic carbocycles. The smallest absolute Gasteiger partial charge is 0.338 e. The van der Waals surface area contributed by atoms with Crippen molar-refractivity contribution in [3.05, 3.63) is 48.3 Å². The maximum absolute atomic E-state index is 12.2. The van der Waals surface area contributed by atoms with Gasteiger partial charge < -0.3 is 14.7 Å². The van der Waals surface area contributed by atoms with Crippen LogP contribution in [0, 0.1) is 0 Å². The van der Waals surface area contributed by atoms with Crippen molar-refractivity contribution in [1.82, 2.24) is 14.7 Å². The zero-order valence-electron chi connectivity index (χ0n) is 13.2. The molecule has 2 aromatic rings. The highest BCUT2D eigenvalue weighted by Gasteiger charge is 2.25. The van der Waals surface area contributed by atoms with E-state index in [9.17, 15) is 9.59 Å². The number of aromatic nitrogens is 2. The second kappa shape index (κ2) is 7.16. The van der Waals surface area contributed by atoms with Crippen LogP contribution in [0.2, 0.25) is 0 Å². The Morgan fingerprint density at radius 3 is 2.54 bits per heavy atom. The molecule has 1 saturated heterocycles. The number of piperidine rings is 1. The molecular weight excluding hydrogens is 310 g/mol. The van der Waals surface area contributed by atoms with Crippen molar-refractivity contribution < 1.29 is 19.4 Å². The van der Waals surface area contributed by atoms with Crippen molar-refractivity contribution in [2.75, 3.05) is 19.7 Å². The van der Waals surface area contributed by atoms with Crippen LogP contribution in [0.4, 0.5) is 0 Å². The topological polar surface area (TPSA) is 84.7 Å². The molecule has 24 heavy (non-hydrogen) atoms. The number of aromatic carboxylic acids is 1. The van der Waals surface area contributed by atoms with Crippen molar-refractivity contribution in [3.63, 3.8) is 0 Å². The molecule has 1 aliphatic heterocycles. The first-order valence-electron chi connectivity index (χ1n) is 7.86. The predicted molar refractivity (Wildman–Crippen MR) is 86.0 cm³/mol. The maximum atomic E-state index is 12.2. The maximum Gasteiger partial charge on any atom is 0.338 e. The number of benzene rings is 1. The third kappa shape index (κ3) is 3.73. The first-order chi connectivity index (χ1) is 11.6. The van der Waals surface area contributed by atoms with E-state index >= 15 is 0 Å². The number of rotatable bonds is 5. The van der Waals surface area contributed by atoms with Crippen molar-refractivity contribution in [2.45, 2.75) is 18.9 Å². The van der Waals surface area contributed by atoms with E-state index in [2.05, 4.69) is 5.10 Å². The number of nitrogens with zero attached hydrogens (tertiary/aromatic N) is 3. The molecule has 126 valence electrons. The lowest BCUT2D eigenvalue weighted by molar-refractivity contribution is -0.134. The Hall–Kier alpha value is -2.83. The first-order valence-corrected chi connectivity index (χ1v) is 7.86. The molecule has 0 aliphatic carbocycles.